The molecule has 6 heteroatoms. The molecular weight excluding hydrogens is 204 g/mol. The van der Waals surface area contributed by atoms with Gasteiger partial charge in [0.1, 0.15) is 6.17 Å². The smallest absolute Gasteiger partial charge is 0.212 e. The maximum atomic E-state index is 11.8. The van der Waals surface area contributed by atoms with Crippen LogP contribution in [0.25, 0.3) is 0 Å². The molecule has 0 aromatic carbocycles. The van der Waals surface area contributed by atoms with Crippen LogP contribution < -0.4 is 0 Å². The van der Waals surface area contributed by atoms with E-state index < -0.39 is 21.4 Å². The van der Waals surface area contributed by atoms with E-state index in [-0.39, 0.29) is 0 Å². The monoisotopic (exact) mass is 218 g/mol. The summed E-state index contributed by atoms with van der Waals surface area (Å²) in [6.07, 6.45) is 2.26. The van der Waals surface area contributed by atoms with Crippen molar-refractivity contribution in [1.82, 2.24) is 4.31 Å². The van der Waals surface area contributed by atoms with E-state index in [4.69, 9.17) is 0 Å². The third kappa shape index (κ3) is 2.03. The molecule has 0 amide bonds. The molecule has 1 aliphatic heterocycles. The average Bonchev–Trinajstić information content (AvgIpc) is 2.53. The fraction of sp³-hybridized carbons (Fsp3) is 0.875. The summed E-state index contributed by atoms with van der Waals surface area (Å²) in [5, 5.41) is -0.468. The van der Waals surface area contributed by atoms with Gasteiger partial charge in [-0.3, -0.25) is 0 Å². The second-order valence-corrected chi connectivity index (χ2v) is 5.99. The Morgan fingerprint density at radius 1 is 1.50 bits per heavy atom. The van der Waals surface area contributed by atoms with Gasteiger partial charge in [0.05, 0.1) is 5.25 Å². The molecule has 1 aliphatic rings. The summed E-state index contributed by atoms with van der Waals surface area (Å²) in [6, 6.07) is 0. The highest BCUT2D eigenvalue weighted by molar-refractivity contribution is 7.89. The van der Waals surface area contributed by atoms with Crippen LogP contribution in [-0.4, -0.2) is 36.8 Å². The van der Waals surface area contributed by atoms with Crippen LogP contribution in [0, 0.1) is 0 Å². The first-order valence-electron chi connectivity index (χ1n) is 4.57. The molecule has 80 valence electrons. The molecule has 1 fully saturated rings. The number of rotatable bonds is 3. The molecule has 0 spiro atoms. The highest BCUT2D eigenvalue weighted by atomic mass is 32.2. The van der Waals surface area contributed by atoms with Gasteiger partial charge in [0.25, 0.3) is 0 Å². The van der Waals surface area contributed by atoms with E-state index in [2.05, 4.69) is 4.99 Å². The predicted octanol–water partition coefficient (Wildman–Crippen LogP) is 0.482. The lowest BCUT2D eigenvalue weighted by Gasteiger charge is -2.21. The number of sulfonamides is 1. The van der Waals surface area contributed by atoms with Crippen molar-refractivity contribution in [1.29, 1.82) is 0 Å². The molecule has 0 aromatic heterocycles. The zero-order valence-electron chi connectivity index (χ0n) is 8.30. The van der Waals surface area contributed by atoms with Crippen LogP contribution in [0.5, 0.6) is 0 Å². The lowest BCUT2D eigenvalue weighted by Crippen LogP contribution is -2.38. The number of aliphatic imine (C=N–C) groups is 1. The summed E-state index contributed by atoms with van der Waals surface area (Å²) in [7, 11) is -3.29. The zero-order valence-corrected chi connectivity index (χ0v) is 9.12. The van der Waals surface area contributed by atoms with Crippen LogP contribution in [0.4, 0.5) is 0 Å². The lowest BCUT2D eigenvalue weighted by atomic mass is 10.3. The van der Waals surface area contributed by atoms with Gasteiger partial charge in [-0.15, -0.1) is 0 Å². The SMILES string of the molecule is CC(C)S(=O)(=O)N1CCCC1N=C=O. The molecule has 1 atom stereocenters. The van der Waals surface area contributed by atoms with E-state index in [9.17, 15) is 13.2 Å². The third-order valence-corrected chi connectivity index (χ3v) is 4.57. The van der Waals surface area contributed by atoms with Gasteiger partial charge in [0.15, 0.2) is 0 Å². The molecule has 0 bridgehead atoms. The molecule has 1 unspecified atom stereocenters. The summed E-state index contributed by atoms with van der Waals surface area (Å²) in [6.45, 7) is 3.70. The highest BCUT2D eigenvalue weighted by Crippen LogP contribution is 2.23. The third-order valence-electron chi connectivity index (χ3n) is 2.30. The van der Waals surface area contributed by atoms with Crippen molar-refractivity contribution in [3.8, 4) is 0 Å². The summed E-state index contributed by atoms with van der Waals surface area (Å²) in [4.78, 5) is 13.6. The normalized spacial score (nSPS) is 23.8. The van der Waals surface area contributed by atoms with Crippen molar-refractivity contribution in [2.45, 2.75) is 38.1 Å². The van der Waals surface area contributed by atoms with E-state index >= 15 is 0 Å². The fourth-order valence-corrected chi connectivity index (χ4v) is 2.90. The Hall–Kier alpha value is -0.710. The van der Waals surface area contributed by atoms with Gasteiger partial charge in [-0.2, -0.15) is 9.30 Å². The van der Waals surface area contributed by atoms with Crippen molar-refractivity contribution in [2.24, 2.45) is 4.99 Å². The molecule has 1 saturated heterocycles. The summed E-state index contributed by atoms with van der Waals surface area (Å²) >= 11 is 0. The Kier molecular flexibility index (Phi) is 3.42. The zero-order chi connectivity index (χ0) is 10.8. The highest BCUT2D eigenvalue weighted by Gasteiger charge is 2.35. The van der Waals surface area contributed by atoms with Gasteiger partial charge in [-0.1, -0.05) is 0 Å². The Labute approximate surface area is 83.9 Å². The summed E-state index contributed by atoms with van der Waals surface area (Å²) < 4.78 is 24.8. The van der Waals surface area contributed by atoms with E-state index in [1.54, 1.807) is 13.8 Å². The number of isocyanates is 1. The Balaban J connectivity index is 2.92. The van der Waals surface area contributed by atoms with Crippen molar-refractivity contribution in [3.63, 3.8) is 0 Å². The fourth-order valence-electron chi connectivity index (χ4n) is 1.48. The minimum absolute atomic E-state index is 0.455. The molecule has 1 heterocycles. The summed E-state index contributed by atoms with van der Waals surface area (Å²) in [5.74, 6) is 0. The Morgan fingerprint density at radius 2 is 2.14 bits per heavy atom. The molecule has 0 radical (unpaired) electrons. The number of nitrogens with zero attached hydrogens (tertiary/aromatic N) is 2. The quantitative estimate of drug-likeness (QED) is 0.511. The van der Waals surface area contributed by atoms with Crippen molar-refractivity contribution >= 4 is 16.1 Å². The van der Waals surface area contributed by atoms with Gasteiger partial charge in [-0.25, -0.2) is 13.2 Å². The standard InChI is InChI=1S/C8H14N2O3S/c1-7(2)14(12,13)10-5-3-4-8(10)9-6-11/h7-8H,3-5H2,1-2H3. The maximum absolute atomic E-state index is 11.8. The van der Waals surface area contributed by atoms with Gasteiger partial charge < -0.3 is 0 Å². The van der Waals surface area contributed by atoms with Gasteiger partial charge in [0, 0.05) is 6.54 Å². The van der Waals surface area contributed by atoms with Gasteiger partial charge >= 0.3 is 0 Å². The maximum Gasteiger partial charge on any atom is 0.236 e. The second-order valence-electron chi connectivity index (χ2n) is 3.55. The second kappa shape index (κ2) is 4.21. The summed E-state index contributed by atoms with van der Waals surface area (Å²) in [5.41, 5.74) is 0. The largest absolute Gasteiger partial charge is 0.236 e. The number of carbonyl (C=O) groups excluding carboxylic acids is 1. The molecular formula is C8H14N2O3S. The molecule has 0 aliphatic carbocycles. The van der Waals surface area contributed by atoms with E-state index in [0.29, 0.717) is 13.0 Å². The van der Waals surface area contributed by atoms with Gasteiger partial charge in [0.2, 0.25) is 16.1 Å². The van der Waals surface area contributed by atoms with Gasteiger partial charge in [-0.05, 0) is 26.7 Å². The Bertz CT molecular complexity index is 344. The molecule has 1 rings (SSSR count). The van der Waals surface area contributed by atoms with Crippen molar-refractivity contribution in [2.75, 3.05) is 6.54 Å². The predicted molar refractivity (Wildman–Crippen MR) is 51.9 cm³/mol. The van der Waals surface area contributed by atoms with Crippen LogP contribution in [0.3, 0.4) is 0 Å². The van der Waals surface area contributed by atoms with E-state index in [0.717, 1.165) is 6.42 Å². The first-order valence-corrected chi connectivity index (χ1v) is 6.08. The topological polar surface area (TPSA) is 66.8 Å². The first-order chi connectivity index (χ1) is 6.50. The average molecular weight is 218 g/mol. The first kappa shape index (κ1) is 11.4. The van der Waals surface area contributed by atoms with Crippen LogP contribution in [0.15, 0.2) is 4.99 Å². The number of hydrogen-bond donors (Lipinski definition) is 0. The minimum atomic E-state index is -3.29. The van der Waals surface area contributed by atoms with Crippen LogP contribution >= 0.6 is 0 Å². The molecule has 5 nitrogen and oxygen atoms in total. The van der Waals surface area contributed by atoms with Crippen LogP contribution in [0.2, 0.25) is 0 Å². The van der Waals surface area contributed by atoms with Crippen molar-refractivity contribution < 1.29 is 13.2 Å². The molecule has 0 saturated carbocycles. The minimum Gasteiger partial charge on any atom is -0.212 e. The number of hydrogen-bond acceptors (Lipinski definition) is 4. The molecule has 0 N–H and O–H groups in total. The van der Waals surface area contributed by atoms with E-state index in [1.807, 2.05) is 0 Å². The van der Waals surface area contributed by atoms with Crippen LogP contribution in [-0.2, 0) is 14.8 Å². The van der Waals surface area contributed by atoms with Crippen LogP contribution in [0.1, 0.15) is 26.7 Å². The molecule has 0 aromatic rings. The lowest BCUT2D eigenvalue weighted by molar-refractivity contribution is 0.391. The van der Waals surface area contributed by atoms with E-state index in [1.165, 1.54) is 10.4 Å². The Morgan fingerprint density at radius 3 is 2.64 bits per heavy atom. The van der Waals surface area contributed by atoms with Crippen molar-refractivity contribution in [3.05, 3.63) is 0 Å². The molecule has 14 heavy (non-hydrogen) atoms.